The molecule has 0 saturated carbocycles. The molecule has 1 unspecified atom stereocenters. The quantitative estimate of drug-likeness (QED) is 0.784. The van der Waals surface area contributed by atoms with Gasteiger partial charge in [-0.15, -0.1) is 0 Å². The van der Waals surface area contributed by atoms with Crippen molar-refractivity contribution in [2.45, 2.75) is 44.6 Å². The number of carbonyl (C=O) groups excluding carboxylic acids is 1. The highest BCUT2D eigenvalue weighted by atomic mass is 16.5. The van der Waals surface area contributed by atoms with Gasteiger partial charge in [-0.1, -0.05) is 0 Å². The Bertz CT molecular complexity index is 367. The molecule has 1 aromatic rings. The van der Waals surface area contributed by atoms with Gasteiger partial charge in [-0.25, -0.2) is 0 Å². The average molecular weight is 236 g/mol. The summed E-state index contributed by atoms with van der Waals surface area (Å²) in [5.41, 5.74) is 1.13. The van der Waals surface area contributed by atoms with Crippen LogP contribution in [0.1, 0.15) is 37.7 Å². The van der Waals surface area contributed by atoms with Gasteiger partial charge < -0.3 is 4.74 Å². The van der Waals surface area contributed by atoms with Gasteiger partial charge >= 0.3 is 0 Å². The van der Waals surface area contributed by atoms with E-state index >= 15 is 0 Å². The maximum Gasteiger partial charge on any atom is 0.135 e. The highest BCUT2D eigenvalue weighted by molar-refractivity contribution is 5.79. The maximum atomic E-state index is 11.8. The van der Waals surface area contributed by atoms with Crippen LogP contribution < -0.4 is 0 Å². The Balaban J connectivity index is 1.70. The second-order valence-corrected chi connectivity index (χ2v) is 4.75. The SMILES string of the molecule is Cn1cc(CCC(=O)CC2CCCCO2)cn1. The van der Waals surface area contributed by atoms with E-state index in [2.05, 4.69) is 5.10 Å². The van der Waals surface area contributed by atoms with E-state index in [4.69, 9.17) is 4.74 Å². The van der Waals surface area contributed by atoms with Crippen LogP contribution in [0.2, 0.25) is 0 Å². The molecule has 0 spiro atoms. The monoisotopic (exact) mass is 236 g/mol. The summed E-state index contributed by atoms with van der Waals surface area (Å²) in [6.45, 7) is 0.820. The fraction of sp³-hybridized carbons (Fsp3) is 0.692. The second kappa shape index (κ2) is 5.96. The molecule has 94 valence electrons. The van der Waals surface area contributed by atoms with Crippen molar-refractivity contribution in [3.63, 3.8) is 0 Å². The smallest absolute Gasteiger partial charge is 0.135 e. The van der Waals surface area contributed by atoms with Crippen LogP contribution in [0.3, 0.4) is 0 Å². The van der Waals surface area contributed by atoms with E-state index in [0.717, 1.165) is 31.4 Å². The van der Waals surface area contributed by atoms with Gasteiger partial charge in [-0.2, -0.15) is 5.10 Å². The molecule has 1 aliphatic heterocycles. The van der Waals surface area contributed by atoms with E-state index in [1.54, 1.807) is 4.68 Å². The van der Waals surface area contributed by atoms with Gasteiger partial charge in [0, 0.05) is 32.7 Å². The molecular formula is C13H20N2O2. The molecule has 0 bridgehead atoms. The number of aromatic nitrogens is 2. The van der Waals surface area contributed by atoms with Gasteiger partial charge in [0.25, 0.3) is 0 Å². The number of rotatable bonds is 5. The second-order valence-electron chi connectivity index (χ2n) is 4.75. The summed E-state index contributed by atoms with van der Waals surface area (Å²) in [7, 11) is 1.89. The summed E-state index contributed by atoms with van der Waals surface area (Å²) in [6, 6.07) is 0. The van der Waals surface area contributed by atoms with Crippen LogP contribution in [0.4, 0.5) is 0 Å². The van der Waals surface area contributed by atoms with Crippen LogP contribution in [-0.4, -0.2) is 28.3 Å². The number of carbonyl (C=O) groups is 1. The number of hydrogen-bond donors (Lipinski definition) is 0. The number of aryl methyl sites for hydroxylation is 2. The first-order valence-corrected chi connectivity index (χ1v) is 6.35. The van der Waals surface area contributed by atoms with Crippen LogP contribution in [0, 0.1) is 0 Å². The zero-order valence-corrected chi connectivity index (χ0v) is 10.4. The van der Waals surface area contributed by atoms with Crippen LogP contribution in [0.15, 0.2) is 12.4 Å². The van der Waals surface area contributed by atoms with E-state index in [0.29, 0.717) is 18.6 Å². The number of ether oxygens (including phenoxy) is 1. The van der Waals surface area contributed by atoms with Gasteiger partial charge in [-0.3, -0.25) is 9.48 Å². The molecule has 0 radical (unpaired) electrons. The third kappa shape index (κ3) is 3.97. The summed E-state index contributed by atoms with van der Waals surface area (Å²) < 4.78 is 7.34. The Morgan fingerprint density at radius 3 is 3.12 bits per heavy atom. The highest BCUT2D eigenvalue weighted by Crippen LogP contribution is 2.16. The lowest BCUT2D eigenvalue weighted by molar-refractivity contribution is -0.122. The fourth-order valence-corrected chi connectivity index (χ4v) is 2.21. The van der Waals surface area contributed by atoms with Gasteiger partial charge in [0.05, 0.1) is 12.3 Å². The average Bonchev–Trinajstić information content (AvgIpc) is 2.74. The van der Waals surface area contributed by atoms with E-state index in [1.807, 2.05) is 19.4 Å². The standard InChI is InChI=1S/C13H20N2O2/c1-15-10-11(9-14-15)5-6-12(16)8-13-4-2-3-7-17-13/h9-10,13H,2-8H2,1H3. The van der Waals surface area contributed by atoms with Crippen molar-refractivity contribution in [2.75, 3.05) is 6.61 Å². The van der Waals surface area contributed by atoms with Gasteiger partial charge in [0.1, 0.15) is 5.78 Å². The van der Waals surface area contributed by atoms with E-state index in [1.165, 1.54) is 6.42 Å². The summed E-state index contributed by atoms with van der Waals surface area (Å²) in [5, 5.41) is 4.09. The largest absolute Gasteiger partial charge is 0.378 e. The first-order chi connectivity index (χ1) is 8.24. The first-order valence-electron chi connectivity index (χ1n) is 6.35. The zero-order valence-electron chi connectivity index (χ0n) is 10.4. The summed E-state index contributed by atoms with van der Waals surface area (Å²) in [4.78, 5) is 11.8. The Labute approximate surface area is 102 Å². The molecule has 1 atom stereocenters. The maximum absolute atomic E-state index is 11.8. The van der Waals surface area contributed by atoms with Crippen molar-refractivity contribution >= 4 is 5.78 Å². The van der Waals surface area contributed by atoms with E-state index in [-0.39, 0.29) is 6.10 Å². The number of ketones is 1. The van der Waals surface area contributed by atoms with Crippen molar-refractivity contribution in [1.29, 1.82) is 0 Å². The molecule has 4 heteroatoms. The molecule has 0 N–H and O–H groups in total. The minimum Gasteiger partial charge on any atom is -0.378 e. The Morgan fingerprint density at radius 2 is 2.47 bits per heavy atom. The molecular weight excluding hydrogens is 216 g/mol. The normalized spacial score (nSPS) is 20.4. The predicted octanol–water partition coefficient (Wildman–Crippen LogP) is 1.88. The van der Waals surface area contributed by atoms with Crippen LogP contribution >= 0.6 is 0 Å². The van der Waals surface area contributed by atoms with Crippen molar-refractivity contribution < 1.29 is 9.53 Å². The molecule has 1 aliphatic rings. The van der Waals surface area contributed by atoms with Crippen molar-refractivity contribution in [3.8, 4) is 0 Å². The van der Waals surface area contributed by atoms with E-state index < -0.39 is 0 Å². The molecule has 1 fully saturated rings. The highest BCUT2D eigenvalue weighted by Gasteiger charge is 2.17. The van der Waals surface area contributed by atoms with Crippen LogP contribution in [-0.2, 0) is 23.0 Å². The van der Waals surface area contributed by atoms with Crippen molar-refractivity contribution in [1.82, 2.24) is 9.78 Å². The van der Waals surface area contributed by atoms with Gasteiger partial charge in [0.2, 0.25) is 0 Å². The third-order valence-electron chi connectivity index (χ3n) is 3.18. The Morgan fingerprint density at radius 1 is 1.59 bits per heavy atom. The summed E-state index contributed by atoms with van der Waals surface area (Å²) >= 11 is 0. The van der Waals surface area contributed by atoms with Gasteiger partial charge in [0.15, 0.2) is 0 Å². The van der Waals surface area contributed by atoms with E-state index in [9.17, 15) is 4.79 Å². The Kier molecular flexibility index (Phi) is 4.31. The molecule has 0 amide bonds. The zero-order chi connectivity index (χ0) is 12.1. The molecule has 4 nitrogen and oxygen atoms in total. The molecule has 1 saturated heterocycles. The molecule has 1 aromatic heterocycles. The summed E-state index contributed by atoms with van der Waals surface area (Å²) in [5.74, 6) is 0.306. The topological polar surface area (TPSA) is 44.1 Å². The van der Waals surface area contributed by atoms with Crippen LogP contribution in [0.5, 0.6) is 0 Å². The van der Waals surface area contributed by atoms with Crippen molar-refractivity contribution in [2.24, 2.45) is 7.05 Å². The Hall–Kier alpha value is -1.16. The van der Waals surface area contributed by atoms with Gasteiger partial charge in [-0.05, 0) is 31.2 Å². The van der Waals surface area contributed by atoms with Crippen LogP contribution in [0.25, 0.3) is 0 Å². The fourth-order valence-electron chi connectivity index (χ4n) is 2.21. The molecule has 2 rings (SSSR count). The predicted molar refractivity (Wildman–Crippen MR) is 64.7 cm³/mol. The number of nitrogens with zero attached hydrogens (tertiary/aromatic N) is 2. The lowest BCUT2D eigenvalue weighted by atomic mass is 10.0. The number of Topliss-reactive ketones (excluding diaryl/α,β-unsaturated/α-hetero) is 1. The third-order valence-corrected chi connectivity index (χ3v) is 3.18. The first kappa shape index (κ1) is 12.3. The summed E-state index contributed by atoms with van der Waals surface area (Å²) in [6.07, 6.45) is 9.31. The number of hydrogen-bond acceptors (Lipinski definition) is 3. The van der Waals surface area contributed by atoms with Crippen molar-refractivity contribution in [3.05, 3.63) is 18.0 Å². The molecule has 0 aromatic carbocycles. The lowest BCUT2D eigenvalue weighted by Crippen LogP contribution is -2.22. The minimum atomic E-state index is 0.171. The molecule has 0 aliphatic carbocycles. The lowest BCUT2D eigenvalue weighted by Gasteiger charge is -2.21. The molecule has 17 heavy (non-hydrogen) atoms. The minimum absolute atomic E-state index is 0.171. The molecule has 2 heterocycles.